The highest BCUT2D eigenvalue weighted by atomic mass is 16.1. The molecule has 0 bridgehead atoms. The number of carbonyl (C=O) groups is 1. The second kappa shape index (κ2) is 5.28. The number of fused-ring (bicyclic) bond motifs is 1. The smallest absolute Gasteiger partial charge is 0.251 e. The number of nitrogens with zero attached hydrogens (tertiary/aromatic N) is 2. The molecule has 0 saturated heterocycles. The van der Waals surface area contributed by atoms with Crippen molar-refractivity contribution in [2.45, 2.75) is 19.4 Å². The summed E-state index contributed by atoms with van der Waals surface area (Å²) in [5, 5.41) is 2.83. The Hall–Kier alpha value is -2.41. The minimum Gasteiger partial charge on any atom is -0.349 e. The summed E-state index contributed by atoms with van der Waals surface area (Å²) in [5.74, 6) is 2.37. The maximum atomic E-state index is 11.9. The van der Waals surface area contributed by atoms with Crippen molar-refractivity contribution in [2.24, 2.45) is 0 Å². The van der Waals surface area contributed by atoms with Crippen LogP contribution >= 0.6 is 0 Å². The third kappa shape index (κ3) is 2.64. The van der Waals surface area contributed by atoms with Crippen LogP contribution in [0.5, 0.6) is 0 Å². The molecule has 4 heteroatoms. The summed E-state index contributed by atoms with van der Waals surface area (Å²) in [6.45, 7) is 1.87. The quantitative estimate of drug-likeness (QED) is 0.830. The molecule has 0 saturated carbocycles. The van der Waals surface area contributed by atoms with Gasteiger partial charge in [0, 0.05) is 30.4 Å². The van der Waals surface area contributed by atoms with Crippen LogP contribution in [0.15, 0.2) is 30.6 Å². The van der Waals surface area contributed by atoms with Crippen LogP contribution in [-0.4, -0.2) is 21.9 Å². The Morgan fingerprint density at radius 1 is 1.39 bits per heavy atom. The van der Waals surface area contributed by atoms with Crippen LogP contribution in [-0.2, 0) is 0 Å². The zero-order chi connectivity index (χ0) is 13.0. The molecule has 1 N–H and O–H groups in total. The molecule has 18 heavy (non-hydrogen) atoms. The van der Waals surface area contributed by atoms with E-state index in [1.54, 1.807) is 30.6 Å². The highest BCUT2D eigenvalue weighted by molar-refractivity contribution is 5.97. The van der Waals surface area contributed by atoms with E-state index in [0.29, 0.717) is 17.5 Å². The highest BCUT2D eigenvalue weighted by Gasteiger charge is 2.09. The third-order valence-electron chi connectivity index (χ3n) is 2.53. The minimum absolute atomic E-state index is 0.0416. The van der Waals surface area contributed by atoms with E-state index in [1.807, 2.05) is 6.92 Å². The predicted molar refractivity (Wildman–Crippen MR) is 69.9 cm³/mol. The molecule has 1 aromatic carbocycles. The van der Waals surface area contributed by atoms with Crippen molar-refractivity contribution in [1.82, 2.24) is 15.3 Å². The van der Waals surface area contributed by atoms with Crippen LogP contribution in [0.1, 0.15) is 23.7 Å². The van der Waals surface area contributed by atoms with E-state index in [1.165, 1.54) is 0 Å². The lowest BCUT2D eigenvalue weighted by Gasteiger charge is -2.10. The maximum Gasteiger partial charge on any atom is 0.251 e. The highest BCUT2D eigenvalue weighted by Crippen LogP contribution is 2.11. The molecule has 1 atom stereocenters. The molecular weight excluding hydrogens is 226 g/mol. The molecule has 1 amide bonds. The van der Waals surface area contributed by atoms with Gasteiger partial charge in [-0.25, -0.2) is 0 Å². The molecule has 1 heterocycles. The largest absolute Gasteiger partial charge is 0.349 e. The van der Waals surface area contributed by atoms with Crippen molar-refractivity contribution in [3.05, 3.63) is 36.2 Å². The molecule has 1 unspecified atom stereocenters. The lowest BCUT2D eigenvalue weighted by atomic mass is 10.1. The van der Waals surface area contributed by atoms with E-state index in [9.17, 15) is 4.79 Å². The number of rotatable bonds is 3. The normalized spacial score (nSPS) is 11.8. The molecule has 2 rings (SSSR count). The molecular formula is C14H13N3O. The van der Waals surface area contributed by atoms with Crippen molar-refractivity contribution in [3.8, 4) is 12.3 Å². The van der Waals surface area contributed by atoms with Gasteiger partial charge in [0.05, 0.1) is 11.0 Å². The third-order valence-corrected chi connectivity index (χ3v) is 2.53. The lowest BCUT2D eigenvalue weighted by Crippen LogP contribution is -2.32. The van der Waals surface area contributed by atoms with Gasteiger partial charge < -0.3 is 5.32 Å². The van der Waals surface area contributed by atoms with Crippen LogP contribution in [0.3, 0.4) is 0 Å². The maximum absolute atomic E-state index is 11.9. The molecule has 90 valence electrons. The van der Waals surface area contributed by atoms with Gasteiger partial charge in [0.25, 0.3) is 5.91 Å². The second-order valence-electron chi connectivity index (χ2n) is 4.04. The van der Waals surface area contributed by atoms with Gasteiger partial charge in [-0.2, -0.15) is 0 Å². The van der Waals surface area contributed by atoms with Gasteiger partial charge in [0.15, 0.2) is 0 Å². The Balaban J connectivity index is 2.21. The Kier molecular flexibility index (Phi) is 3.54. The molecule has 0 aliphatic carbocycles. The molecule has 0 radical (unpaired) electrons. The molecule has 0 fully saturated rings. The Morgan fingerprint density at radius 2 is 2.11 bits per heavy atom. The summed E-state index contributed by atoms with van der Waals surface area (Å²) in [4.78, 5) is 20.3. The fourth-order valence-corrected chi connectivity index (χ4v) is 1.64. The van der Waals surface area contributed by atoms with Crippen molar-refractivity contribution < 1.29 is 4.79 Å². The van der Waals surface area contributed by atoms with Crippen LogP contribution < -0.4 is 5.32 Å². The summed E-state index contributed by atoms with van der Waals surface area (Å²) in [6, 6.07) is 5.19. The van der Waals surface area contributed by atoms with E-state index in [4.69, 9.17) is 6.42 Å². The molecule has 0 spiro atoms. The summed E-state index contributed by atoms with van der Waals surface area (Å²) in [6.07, 6.45) is 8.94. The first-order chi connectivity index (χ1) is 8.70. The molecule has 1 aromatic heterocycles. The van der Waals surface area contributed by atoms with E-state index in [2.05, 4.69) is 21.2 Å². The van der Waals surface area contributed by atoms with Crippen molar-refractivity contribution in [3.63, 3.8) is 0 Å². The Morgan fingerprint density at radius 3 is 2.83 bits per heavy atom. The van der Waals surface area contributed by atoms with Crippen molar-refractivity contribution in [2.75, 3.05) is 0 Å². The first-order valence-electron chi connectivity index (χ1n) is 5.66. The number of hydrogen-bond acceptors (Lipinski definition) is 3. The number of terminal acetylenes is 1. The van der Waals surface area contributed by atoms with Crippen molar-refractivity contribution >= 4 is 16.9 Å². The van der Waals surface area contributed by atoms with Crippen LogP contribution in [0.2, 0.25) is 0 Å². The Bertz CT molecular complexity index is 616. The number of benzene rings is 1. The van der Waals surface area contributed by atoms with Gasteiger partial charge in [0.2, 0.25) is 0 Å². The molecule has 2 aromatic rings. The average Bonchev–Trinajstić information content (AvgIpc) is 2.38. The average molecular weight is 239 g/mol. The summed E-state index contributed by atoms with van der Waals surface area (Å²) >= 11 is 0. The fourth-order valence-electron chi connectivity index (χ4n) is 1.64. The van der Waals surface area contributed by atoms with E-state index < -0.39 is 0 Å². The van der Waals surface area contributed by atoms with Crippen LogP contribution in [0.4, 0.5) is 0 Å². The van der Waals surface area contributed by atoms with Gasteiger partial charge >= 0.3 is 0 Å². The predicted octanol–water partition coefficient (Wildman–Crippen LogP) is 1.77. The monoisotopic (exact) mass is 239 g/mol. The standard InChI is InChI=1S/C14H13N3O/c1-3-4-10(2)17-14(18)11-5-6-12-13(9-11)16-8-7-15-12/h1,5-10H,4H2,2H3,(H,17,18). The first kappa shape index (κ1) is 12.1. The fraction of sp³-hybridized carbons (Fsp3) is 0.214. The summed E-state index contributed by atoms with van der Waals surface area (Å²) < 4.78 is 0. The minimum atomic E-state index is -0.148. The molecule has 0 aliphatic rings. The molecule has 4 nitrogen and oxygen atoms in total. The number of amides is 1. The second-order valence-corrected chi connectivity index (χ2v) is 4.04. The van der Waals surface area contributed by atoms with Gasteiger partial charge in [0.1, 0.15) is 0 Å². The zero-order valence-corrected chi connectivity index (χ0v) is 10.1. The van der Waals surface area contributed by atoms with Gasteiger partial charge in [-0.15, -0.1) is 12.3 Å². The number of carbonyl (C=O) groups excluding carboxylic acids is 1. The van der Waals surface area contributed by atoms with E-state index >= 15 is 0 Å². The number of nitrogens with one attached hydrogen (secondary N) is 1. The van der Waals surface area contributed by atoms with E-state index in [0.717, 1.165) is 5.52 Å². The zero-order valence-electron chi connectivity index (χ0n) is 10.1. The number of hydrogen-bond donors (Lipinski definition) is 1. The lowest BCUT2D eigenvalue weighted by molar-refractivity contribution is 0.0941. The Labute approximate surface area is 105 Å². The number of aromatic nitrogens is 2. The van der Waals surface area contributed by atoms with Crippen LogP contribution in [0.25, 0.3) is 11.0 Å². The van der Waals surface area contributed by atoms with Crippen molar-refractivity contribution in [1.29, 1.82) is 0 Å². The van der Waals surface area contributed by atoms with Gasteiger partial charge in [-0.05, 0) is 25.1 Å². The molecule has 0 aliphatic heterocycles. The topological polar surface area (TPSA) is 54.9 Å². The van der Waals surface area contributed by atoms with Crippen LogP contribution in [0, 0.1) is 12.3 Å². The summed E-state index contributed by atoms with van der Waals surface area (Å²) in [5.41, 5.74) is 2.03. The van der Waals surface area contributed by atoms with E-state index in [-0.39, 0.29) is 11.9 Å². The summed E-state index contributed by atoms with van der Waals surface area (Å²) in [7, 11) is 0. The van der Waals surface area contributed by atoms with Gasteiger partial charge in [-0.3, -0.25) is 14.8 Å². The first-order valence-corrected chi connectivity index (χ1v) is 5.66. The SMILES string of the molecule is C#CCC(C)NC(=O)c1ccc2nccnc2c1. The van der Waals surface area contributed by atoms with Gasteiger partial charge in [-0.1, -0.05) is 0 Å².